The fraction of sp³-hybridized carbons (Fsp3) is 0.571. The van der Waals surface area contributed by atoms with E-state index in [0.717, 1.165) is 44.0 Å². The fourth-order valence-corrected chi connectivity index (χ4v) is 4.35. The van der Waals surface area contributed by atoms with Gasteiger partial charge in [0.2, 0.25) is 0 Å². The number of halogens is 1. The summed E-state index contributed by atoms with van der Waals surface area (Å²) in [5, 5.41) is 0.810. The van der Waals surface area contributed by atoms with Crippen LogP contribution in [0.2, 0.25) is 5.02 Å². The van der Waals surface area contributed by atoms with Gasteiger partial charge in [0.05, 0.1) is 0 Å². The molecule has 2 aliphatic rings. The summed E-state index contributed by atoms with van der Waals surface area (Å²) < 4.78 is 2.49. The quantitative estimate of drug-likeness (QED) is 0.792. The number of aryl methyl sites for hydroxylation is 2. The Labute approximate surface area is 161 Å². The lowest BCUT2D eigenvalue weighted by molar-refractivity contribution is 0.254. The molecule has 0 atom stereocenters. The van der Waals surface area contributed by atoms with Gasteiger partial charge in [-0.25, -0.2) is 4.98 Å². The van der Waals surface area contributed by atoms with Gasteiger partial charge in [-0.15, -0.1) is 0 Å². The van der Waals surface area contributed by atoms with Crippen molar-refractivity contribution in [2.45, 2.75) is 45.1 Å². The monoisotopic (exact) mass is 372 g/mol. The molecule has 1 fully saturated rings. The highest BCUT2D eigenvalue weighted by atomic mass is 35.5. The highest BCUT2D eigenvalue weighted by Gasteiger charge is 2.17. The predicted molar refractivity (Wildman–Crippen MR) is 108 cm³/mol. The van der Waals surface area contributed by atoms with E-state index in [9.17, 15) is 0 Å². The maximum atomic E-state index is 5.99. The Morgan fingerprint density at radius 2 is 1.73 bits per heavy atom. The summed E-state index contributed by atoms with van der Waals surface area (Å²) >= 11 is 5.99. The smallest absolute Gasteiger partial charge is 0.108 e. The summed E-state index contributed by atoms with van der Waals surface area (Å²) in [6.07, 6.45) is 9.63. The van der Waals surface area contributed by atoms with Gasteiger partial charge < -0.3 is 9.47 Å². The SMILES string of the molecule is Clc1ccc(N2CCN(CCCc3cnc4n3CCCCC4)CC2)cc1. The molecule has 1 aromatic carbocycles. The first-order chi connectivity index (χ1) is 12.8. The molecule has 4 rings (SSSR count). The summed E-state index contributed by atoms with van der Waals surface area (Å²) in [7, 11) is 0. The van der Waals surface area contributed by atoms with E-state index < -0.39 is 0 Å². The third kappa shape index (κ3) is 4.24. The number of benzene rings is 1. The number of nitrogens with zero attached hydrogens (tertiary/aromatic N) is 4. The summed E-state index contributed by atoms with van der Waals surface area (Å²) in [6.45, 7) is 6.85. The van der Waals surface area contributed by atoms with E-state index >= 15 is 0 Å². The molecule has 0 saturated carbocycles. The number of piperazine rings is 1. The number of hydrogen-bond acceptors (Lipinski definition) is 3. The summed E-state index contributed by atoms with van der Waals surface area (Å²) in [5.74, 6) is 1.31. The Morgan fingerprint density at radius 3 is 2.54 bits per heavy atom. The standard InChI is InChI=1S/C21H29ClN4/c22-18-7-9-19(10-8-18)25-15-13-24(14-16-25)11-4-5-20-17-23-21-6-2-1-3-12-26(20)21/h7-10,17H,1-6,11-16H2. The molecule has 1 saturated heterocycles. The Hall–Kier alpha value is -1.52. The second-order valence-corrected chi connectivity index (χ2v) is 7.97. The highest BCUT2D eigenvalue weighted by molar-refractivity contribution is 6.30. The minimum atomic E-state index is 0.810. The average molecular weight is 373 g/mol. The molecular weight excluding hydrogens is 344 g/mol. The van der Waals surface area contributed by atoms with E-state index in [1.54, 1.807) is 0 Å². The molecule has 0 N–H and O–H groups in total. The number of imidazole rings is 1. The van der Waals surface area contributed by atoms with Crippen LogP contribution >= 0.6 is 11.6 Å². The first-order valence-electron chi connectivity index (χ1n) is 10.1. The first-order valence-corrected chi connectivity index (χ1v) is 10.4. The summed E-state index contributed by atoms with van der Waals surface area (Å²) in [4.78, 5) is 9.73. The van der Waals surface area contributed by atoms with Crippen molar-refractivity contribution in [3.8, 4) is 0 Å². The molecule has 2 aromatic rings. The van der Waals surface area contributed by atoms with Gasteiger partial charge in [0.1, 0.15) is 5.82 Å². The number of hydrogen-bond donors (Lipinski definition) is 0. The van der Waals surface area contributed by atoms with Crippen LogP contribution in [0.5, 0.6) is 0 Å². The molecule has 4 nitrogen and oxygen atoms in total. The van der Waals surface area contributed by atoms with Crippen molar-refractivity contribution in [2.24, 2.45) is 0 Å². The molecule has 26 heavy (non-hydrogen) atoms. The minimum Gasteiger partial charge on any atom is -0.369 e. The van der Waals surface area contributed by atoms with E-state index in [0.29, 0.717) is 0 Å². The minimum absolute atomic E-state index is 0.810. The molecule has 0 unspecified atom stereocenters. The van der Waals surface area contributed by atoms with Crippen LogP contribution in [0.25, 0.3) is 0 Å². The van der Waals surface area contributed by atoms with E-state index in [1.165, 1.54) is 56.0 Å². The van der Waals surface area contributed by atoms with Gasteiger partial charge in [-0.3, -0.25) is 4.90 Å². The first kappa shape index (κ1) is 17.9. The number of fused-ring (bicyclic) bond motifs is 1. The van der Waals surface area contributed by atoms with Crippen LogP contribution in [0, 0.1) is 0 Å². The van der Waals surface area contributed by atoms with Crippen molar-refractivity contribution in [1.82, 2.24) is 14.5 Å². The highest BCUT2D eigenvalue weighted by Crippen LogP contribution is 2.20. The number of rotatable bonds is 5. The van der Waals surface area contributed by atoms with Gasteiger partial charge in [-0.2, -0.15) is 0 Å². The molecular formula is C21H29ClN4. The van der Waals surface area contributed by atoms with Crippen LogP contribution in [-0.2, 0) is 19.4 Å². The topological polar surface area (TPSA) is 24.3 Å². The van der Waals surface area contributed by atoms with Gasteiger partial charge >= 0.3 is 0 Å². The van der Waals surface area contributed by atoms with Crippen molar-refractivity contribution >= 4 is 17.3 Å². The second-order valence-electron chi connectivity index (χ2n) is 7.54. The van der Waals surface area contributed by atoms with Crippen molar-refractivity contribution in [1.29, 1.82) is 0 Å². The van der Waals surface area contributed by atoms with Crippen LogP contribution in [-0.4, -0.2) is 47.2 Å². The van der Waals surface area contributed by atoms with Crippen LogP contribution in [0.3, 0.4) is 0 Å². The van der Waals surface area contributed by atoms with Crippen LogP contribution < -0.4 is 4.90 Å². The molecule has 2 aliphatic heterocycles. The molecule has 0 spiro atoms. The van der Waals surface area contributed by atoms with Gasteiger partial charge in [-0.1, -0.05) is 18.0 Å². The van der Waals surface area contributed by atoms with Crippen LogP contribution in [0.15, 0.2) is 30.5 Å². The van der Waals surface area contributed by atoms with Crippen LogP contribution in [0.1, 0.15) is 37.2 Å². The van der Waals surface area contributed by atoms with Crippen molar-refractivity contribution in [3.63, 3.8) is 0 Å². The lowest BCUT2D eigenvalue weighted by Crippen LogP contribution is -2.46. The molecule has 0 bridgehead atoms. The van der Waals surface area contributed by atoms with Crippen molar-refractivity contribution < 1.29 is 0 Å². The van der Waals surface area contributed by atoms with Crippen molar-refractivity contribution in [3.05, 3.63) is 47.0 Å². The van der Waals surface area contributed by atoms with E-state index in [1.807, 2.05) is 12.1 Å². The number of aromatic nitrogens is 2. The fourth-order valence-electron chi connectivity index (χ4n) is 4.22. The van der Waals surface area contributed by atoms with Gasteiger partial charge in [0.25, 0.3) is 0 Å². The molecule has 0 radical (unpaired) electrons. The normalized spacial score (nSPS) is 18.6. The van der Waals surface area contributed by atoms with Gasteiger partial charge in [-0.05, 0) is 56.5 Å². The Morgan fingerprint density at radius 1 is 0.923 bits per heavy atom. The zero-order valence-corrected chi connectivity index (χ0v) is 16.3. The molecule has 3 heterocycles. The summed E-state index contributed by atoms with van der Waals surface area (Å²) in [5.41, 5.74) is 2.73. The largest absolute Gasteiger partial charge is 0.369 e. The third-order valence-electron chi connectivity index (χ3n) is 5.77. The molecule has 140 valence electrons. The molecule has 1 aromatic heterocycles. The maximum absolute atomic E-state index is 5.99. The lowest BCUT2D eigenvalue weighted by Gasteiger charge is -2.36. The summed E-state index contributed by atoms with van der Waals surface area (Å²) in [6, 6.07) is 8.22. The third-order valence-corrected chi connectivity index (χ3v) is 6.03. The Kier molecular flexibility index (Phi) is 5.81. The lowest BCUT2D eigenvalue weighted by atomic mass is 10.2. The molecule has 5 heteroatoms. The van der Waals surface area contributed by atoms with Crippen LogP contribution in [0.4, 0.5) is 5.69 Å². The van der Waals surface area contributed by atoms with E-state index in [4.69, 9.17) is 11.6 Å². The van der Waals surface area contributed by atoms with E-state index in [2.05, 4.69) is 37.7 Å². The predicted octanol–water partition coefficient (Wildman–Crippen LogP) is 4.02. The number of anilines is 1. The maximum Gasteiger partial charge on any atom is 0.108 e. The zero-order chi connectivity index (χ0) is 17.8. The zero-order valence-electron chi connectivity index (χ0n) is 15.5. The second kappa shape index (κ2) is 8.45. The van der Waals surface area contributed by atoms with Gasteiger partial charge in [0, 0.05) is 61.7 Å². The molecule has 0 amide bonds. The van der Waals surface area contributed by atoms with E-state index in [-0.39, 0.29) is 0 Å². The Balaban J connectivity index is 1.23. The van der Waals surface area contributed by atoms with Crippen molar-refractivity contribution in [2.75, 3.05) is 37.6 Å². The Bertz CT molecular complexity index is 701. The molecule has 0 aliphatic carbocycles. The average Bonchev–Trinajstić information content (AvgIpc) is 2.89. The van der Waals surface area contributed by atoms with Gasteiger partial charge in [0.15, 0.2) is 0 Å².